The number of hydrogen-bond acceptors (Lipinski definition) is 4. The molecule has 6 heteroatoms. The van der Waals surface area contributed by atoms with Gasteiger partial charge >= 0.3 is 0 Å². The maximum absolute atomic E-state index is 12.0. The molecule has 0 aromatic carbocycles. The van der Waals surface area contributed by atoms with Gasteiger partial charge in [-0.1, -0.05) is 19.6 Å². The topological polar surface area (TPSA) is 68.2 Å². The quantitative estimate of drug-likeness (QED) is 0.445. The van der Waals surface area contributed by atoms with Crippen LogP contribution in [0.15, 0.2) is 22.8 Å². The molecule has 0 aliphatic heterocycles. The number of furan rings is 1. The van der Waals surface area contributed by atoms with Gasteiger partial charge in [-0.05, 0) is 6.04 Å². The summed E-state index contributed by atoms with van der Waals surface area (Å²) in [5.74, 6) is -0.210. The van der Waals surface area contributed by atoms with Gasteiger partial charge in [0.1, 0.15) is 13.2 Å². The predicted molar refractivity (Wildman–Crippen MR) is 82.9 cm³/mol. The van der Waals surface area contributed by atoms with Crippen LogP contribution in [0.2, 0.25) is 25.7 Å². The summed E-state index contributed by atoms with van der Waals surface area (Å²) in [5.41, 5.74) is 1.94. The zero-order valence-corrected chi connectivity index (χ0v) is 13.7. The molecule has 2 aromatic heterocycles. The summed E-state index contributed by atoms with van der Waals surface area (Å²) in [7, 11) is -1.13. The highest BCUT2D eigenvalue weighted by Crippen LogP contribution is 2.22. The molecule has 0 N–H and O–H groups in total. The highest BCUT2D eigenvalue weighted by Gasteiger charge is 2.18. The van der Waals surface area contributed by atoms with Crippen molar-refractivity contribution < 1.29 is 13.9 Å². The fourth-order valence-electron chi connectivity index (χ4n) is 2.04. The average molecular weight is 304 g/mol. The molecule has 0 fully saturated rings. The Morgan fingerprint density at radius 1 is 1.48 bits per heavy atom. The van der Waals surface area contributed by atoms with E-state index < -0.39 is 8.07 Å². The number of carbonyl (C=O) groups is 1. The fourth-order valence-corrected chi connectivity index (χ4v) is 2.80. The lowest BCUT2D eigenvalue weighted by atomic mass is 10.2. The first kappa shape index (κ1) is 15.5. The lowest BCUT2D eigenvalue weighted by molar-refractivity contribution is 0.0830. The summed E-state index contributed by atoms with van der Waals surface area (Å²) in [4.78, 5) is 12.0. The number of ether oxygens (including phenoxy) is 1. The zero-order valence-electron chi connectivity index (χ0n) is 12.7. The van der Waals surface area contributed by atoms with E-state index in [2.05, 4.69) is 19.6 Å². The van der Waals surface area contributed by atoms with Gasteiger partial charge in [0, 0.05) is 26.8 Å². The van der Waals surface area contributed by atoms with Gasteiger partial charge in [0.2, 0.25) is 0 Å². The monoisotopic (exact) mass is 304 g/mol. The SMILES string of the molecule is C[Si](C)(C)CCOCn1c(C(=O)CC#N)cc2occc21. The van der Waals surface area contributed by atoms with Crippen molar-refractivity contribution in [2.45, 2.75) is 38.8 Å². The number of rotatable bonds is 7. The molecule has 0 saturated heterocycles. The van der Waals surface area contributed by atoms with Crippen LogP contribution in [0.5, 0.6) is 0 Å². The Morgan fingerprint density at radius 3 is 2.90 bits per heavy atom. The second kappa shape index (κ2) is 6.29. The van der Waals surface area contributed by atoms with E-state index in [0.717, 1.165) is 11.6 Å². The van der Waals surface area contributed by atoms with Gasteiger partial charge in [-0.2, -0.15) is 5.26 Å². The Morgan fingerprint density at radius 2 is 2.24 bits per heavy atom. The molecule has 0 saturated carbocycles. The first-order valence-corrected chi connectivity index (χ1v) is 10.7. The highest BCUT2D eigenvalue weighted by atomic mass is 28.3. The highest BCUT2D eigenvalue weighted by molar-refractivity contribution is 6.76. The minimum atomic E-state index is -1.13. The molecule has 0 aliphatic carbocycles. The molecule has 0 aliphatic rings. The van der Waals surface area contributed by atoms with Crippen molar-refractivity contribution in [2.75, 3.05) is 6.61 Å². The average Bonchev–Trinajstić information content (AvgIpc) is 2.95. The number of hydrogen-bond donors (Lipinski definition) is 0. The number of carbonyl (C=O) groups excluding carboxylic acids is 1. The summed E-state index contributed by atoms with van der Waals surface area (Å²) < 4.78 is 12.8. The second-order valence-electron chi connectivity index (χ2n) is 6.23. The van der Waals surface area contributed by atoms with E-state index in [0.29, 0.717) is 24.6 Å². The maximum Gasteiger partial charge on any atom is 0.193 e. The molecule has 5 nitrogen and oxygen atoms in total. The van der Waals surface area contributed by atoms with Crippen LogP contribution in [0.3, 0.4) is 0 Å². The summed E-state index contributed by atoms with van der Waals surface area (Å²) in [6.07, 6.45) is 1.45. The van der Waals surface area contributed by atoms with E-state index in [1.807, 2.05) is 6.07 Å². The zero-order chi connectivity index (χ0) is 15.5. The van der Waals surface area contributed by atoms with Crippen LogP contribution < -0.4 is 0 Å². The van der Waals surface area contributed by atoms with Gasteiger partial charge in [-0.25, -0.2) is 0 Å². The molecular weight excluding hydrogens is 284 g/mol. The van der Waals surface area contributed by atoms with E-state index >= 15 is 0 Å². The van der Waals surface area contributed by atoms with Crippen molar-refractivity contribution in [3.63, 3.8) is 0 Å². The normalized spacial score (nSPS) is 11.7. The number of nitrogens with zero attached hydrogens (tertiary/aromatic N) is 2. The molecule has 0 amide bonds. The largest absolute Gasteiger partial charge is 0.463 e. The smallest absolute Gasteiger partial charge is 0.193 e. The standard InChI is InChI=1S/C15H20N2O3Si/c1-21(2,3)9-8-19-11-17-12-5-7-20-15(12)10-13(17)14(18)4-6-16/h5,7,10H,4,8-9,11H2,1-3H3. The number of Topliss-reactive ketones (excluding diaryl/α,β-unsaturated/α-hetero) is 1. The summed E-state index contributed by atoms with van der Waals surface area (Å²) in [6.45, 7) is 7.87. The van der Waals surface area contributed by atoms with Crippen molar-refractivity contribution in [1.82, 2.24) is 4.57 Å². The second-order valence-corrected chi connectivity index (χ2v) is 11.9. The van der Waals surface area contributed by atoms with Crippen LogP contribution >= 0.6 is 0 Å². The lowest BCUT2D eigenvalue weighted by Crippen LogP contribution is -2.22. The van der Waals surface area contributed by atoms with Gasteiger partial charge in [0.05, 0.1) is 23.5 Å². The third-order valence-electron chi connectivity index (χ3n) is 3.26. The molecule has 0 atom stereocenters. The molecular formula is C15H20N2O3Si. The van der Waals surface area contributed by atoms with Gasteiger partial charge < -0.3 is 13.7 Å². The van der Waals surface area contributed by atoms with Gasteiger partial charge in [-0.3, -0.25) is 4.79 Å². The van der Waals surface area contributed by atoms with Crippen LogP contribution in [0.4, 0.5) is 0 Å². The third kappa shape index (κ3) is 3.83. The Labute approximate surface area is 125 Å². The summed E-state index contributed by atoms with van der Waals surface area (Å²) in [6, 6.07) is 6.45. The first-order chi connectivity index (χ1) is 9.92. The Kier molecular flexibility index (Phi) is 4.65. The van der Waals surface area contributed by atoms with Crippen molar-refractivity contribution in [3.05, 3.63) is 24.1 Å². The Hall–Kier alpha value is -1.84. The Balaban J connectivity index is 2.13. The molecule has 0 unspecified atom stereocenters. The molecule has 112 valence electrons. The Bertz CT molecular complexity index is 673. The van der Waals surface area contributed by atoms with Crippen LogP contribution in [0, 0.1) is 11.3 Å². The molecule has 21 heavy (non-hydrogen) atoms. The molecule has 2 rings (SSSR count). The summed E-state index contributed by atoms with van der Waals surface area (Å²) >= 11 is 0. The minimum Gasteiger partial charge on any atom is -0.463 e. The third-order valence-corrected chi connectivity index (χ3v) is 4.97. The number of fused-ring (bicyclic) bond motifs is 1. The van der Waals surface area contributed by atoms with Gasteiger partial charge in [0.25, 0.3) is 0 Å². The van der Waals surface area contributed by atoms with Crippen molar-refractivity contribution in [2.24, 2.45) is 0 Å². The summed E-state index contributed by atoms with van der Waals surface area (Å²) in [5, 5.41) is 8.69. The van der Waals surface area contributed by atoms with Crippen LogP contribution in [0.1, 0.15) is 16.9 Å². The van der Waals surface area contributed by atoms with Gasteiger partial charge in [0.15, 0.2) is 11.4 Å². The molecule has 2 aromatic rings. The molecule has 0 radical (unpaired) electrons. The fraction of sp³-hybridized carbons (Fsp3) is 0.467. The van der Waals surface area contributed by atoms with Crippen molar-refractivity contribution >= 4 is 25.0 Å². The van der Waals surface area contributed by atoms with E-state index in [-0.39, 0.29) is 12.2 Å². The maximum atomic E-state index is 12.0. The van der Waals surface area contributed by atoms with E-state index in [9.17, 15) is 4.79 Å². The number of aromatic nitrogens is 1. The number of nitriles is 1. The lowest BCUT2D eigenvalue weighted by Gasteiger charge is -2.16. The van der Waals surface area contributed by atoms with Crippen molar-refractivity contribution in [3.8, 4) is 6.07 Å². The van der Waals surface area contributed by atoms with Crippen LogP contribution in [-0.4, -0.2) is 25.0 Å². The van der Waals surface area contributed by atoms with Crippen LogP contribution in [0.25, 0.3) is 11.1 Å². The first-order valence-electron chi connectivity index (χ1n) is 6.97. The van der Waals surface area contributed by atoms with Gasteiger partial charge in [-0.15, -0.1) is 0 Å². The molecule has 0 bridgehead atoms. The van der Waals surface area contributed by atoms with E-state index in [1.165, 1.54) is 0 Å². The molecule has 2 heterocycles. The van der Waals surface area contributed by atoms with E-state index in [4.69, 9.17) is 14.4 Å². The van der Waals surface area contributed by atoms with Crippen molar-refractivity contribution in [1.29, 1.82) is 5.26 Å². The predicted octanol–water partition coefficient (Wildman–Crippen LogP) is 3.64. The number of ketones is 1. The van der Waals surface area contributed by atoms with E-state index in [1.54, 1.807) is 23.0 Å². The molecule has 0 spiro atoms. The minimum absolute atomic E-state index is 0.137. The van der Waals surface area contributed by atoms with Crippen LogP contribution in [-0.2, 0) is 11.5 Å².